The van der Waals surface area contributed by atoms with Gasteiger partial charge in [0, 0.05) is 18.4 Å². The first-order valence-corrected chi connectivity index (χ1v) is 8.87. The average molecular weight is 362 g/mol. The second kappa shape index (κ2) is 8.40. The van der Waals surface area contributed by atoms with Gasteiger partial charge in [0.05, 0.1) is 11.7 Å². The molecule has 0 spiro atoms. The fourth-order valence-electron chi connectivity index (χ4n) is 2.77. The summed E-state index contributed by atoms with van der Waals surface area (Å²) in [6, 6.07) is 15.0. The van der Waals surface area contributed by atoms with Crippen molar-refractivity contribution in [3.8, 4) is 5.69 Å². The Balaban J connectivity index is 1.51. The SMILES string of the molecule is Cc1ccc(C(=O)CCC(=O)NC(C)c2ccc(-n3cncn3)cc2)cc1. The van der Waals surface area contributed by atoms with Crippen molar-refractivity contribution >= 4 is 11.7 Å². The number of aromatic nitrogens is 3. The van der Waals surface area contributed by atoms with E-state index in [4.69, 9.17) is 0 Å². The number of nitrogens with zero attached hydrogens (tertiary/aromatic N) is 3. The van der Waals surface area contributed by atoms with Gasteiger partial charge in [0.25, 0.3) is 0 Å². The lowest BCUT2D eigenvalue weighted by atomic mass is 10.0. The molecule has 0 radical (unpaired) electrons. The molecule has 6 nitrogen and oxygen atoms in total. The van der Waals surface area contributed by atoms with Gasteiger partial charge in [0.2, 0.25) is 5.91 Å². The quantitative estimate of drug-likeness (QED) is 0.654. The lowest BCUT2D eigenvalue weighted by molar-refractivity contribution is -0.121. The number of Topliss-reactive ketones (excluding diaryl/α,β-unsaturated/α-hetero) is 1. The highest BCUT2D eigenvalue weighted by Crippen LogP contribution is 2.16. The maximum Gasteiger partial charge on any atom is 0.220 e. The molecule has 0 aliphatic carbocycles. The summed E-state index contributed by atoms with van der Waals surface area (Å²) in [7, 11) is 0. The molecule has 0 saturated carbocycles. The van der Waals surface area contributed by atoms with Crippen molar-refractivity contribution in [2.75, 3.05) is 0 Å². The van der Waals surface area contributed by atoms with E-state index in [1.54, 1.807) is 23.1 Å². The predicted octanol–water partition coefficient (Wildman–Crippen LogP) is 3.42. The second-order valence-corrected chi connectivity index (χ2v) is 6.51. The van der Waals surface area contributed by atoms with Crippen molar-refractivity contribution in [1.82, 2.24) is 20.1 Å². The van der Waals surface area contributed by atoms with E-state index in [0.29, 0.717) is 5.56 Å². The number of nitrogens with one attached hydrogen (secondary N) is 1. The third-order valence-electron chi connectivity index (χ3n) is 4.41. The summed E-state index contributed by atoms with van der Waals surface area (Å²) in [5, 5.41) is 7.02. The van der Waals surface area contributed by atoms with Gasteiger partial charge in [-0.15, -0.1) is 0 Å². The van der Waals surface area contributed by atoms with Gasteiger partial charge in [-0.05, 0) is 31.5 Å². The number of rotatable bonds is 7. The zero-order chi connectivity index (χ0) is 19.2. The number of hydrogen-bond donors (Lipinski definition) is 1. The summed E-state index contributed by atoms with van der Waals surface area (Å²) >= 11 is 0. The van der Waals surface area contributed by atoms with Gasteiger partial charge in [0.1, 0.15) is 12.7 Å². The number of ketones is 1. The summed E-state index contributed by atoms with van der Waals surface area (Å²) in [6.07, 6.45) is 3.49. The standard InChI is InChI=1S/C21H22N4O2/c1-15-3-5-18(6-4-15)20(26)11-12-21(27)24-16(2)17-7-9-19(10-8-17)25-14-22-13-23-25/h3-10,13-14,16H,11-12H2,1-2H3,(H,24,27). The van der Waals surface area contributed by atoms with Crippen LogP contribution in [0.2, 0.25) is 0 Å². The van der Waals surface area contributed by atoms with Crippen molar-refractivity contribution in [2.24, 2.45) is 0 Å². The molecule has 1 N–H and O–H groups in total. The predicted molar refractivity (Wildman–Crippen MR) is 103 cm³/mol. The Morgan fingerprint density at radius 3 is 2.37 bits per heavy atom. The number of amides is 1. The van der Waals surface area contributed by atoms with Crippen LogP contribution < -0.4 is 5.32 Å². The van der Waals surface area contributed by atoms with Gasteiger partial charge in [-0.1, -0.05) is 42.0 Å². The molecular weight excluding hydrogens is 340 g/mol. The number of carbonyl (C=O) groups is 2. The maximum atomic E-state index is 12.2. The lowest BCUT2D eigenvalue weighted by Crippen LogP contribution is -2.27. The van der Waals surface area contributed by atoms with E-state index >= 15 is 0 Å². The van der Waals surface area contributed by atoms with Gasteiger partial charge < -0.3 is 5.32 Å². The molecule has 1 heterocycles. The number of benzene rings is 2. The van der Waals surface area contributed by atoms with Gasteiger partial charge >= 0.3 is 0 Å². The van der Waals surface area contributed by atoms with E-state index in [0.717, 1.165) is 16.8 Å². The van der Waals surface area contributed by atoms with Crippen LogP contribution in [0.1, 0.15) is 47.3 Å². The fourth-order valence-corrected chi connectivity index (χ4v) is 2.77. The molecule has 138 valence electrons. The second-order valence-electron chi connectivity index (χ2n) is 6.51. The zero-order valence-corrected chi connectivity index (χ0v) is 15.4. The van der Waals surface area contributed by atoms with Crippen LogP contribution in [0.3, 0.4) is 0 Å². The Morgan fingerprint density at radius 2 is 1.74 bits per heavy atom. The summed E-state index contributed by atoms with van der Waals surface area (Å²) in [6.45, 7) is 3.89. The van der Waals surface area contributed by atoms with Crippen molar-refractivity contribution in [1.29, 1.82) is 0 Å². The molecule has 2 aromatic carbocycles. The van der Waals surface area contributed by atoms with Crippen molar-refractivity contribution in [2.45, 2.75) is 32.7 Å². The molecule has 3 rings (SSSR count). The summed E-state index contributed by atoms with van der Waals surface area (Å²) in [5.74, 6) is -0.154. The van der Waals surface area contributed by atoms with Crippen LogP contribution >= 0.6 is 0 Å². The first-order valence-electron chi connectivity index (χ1n) is 8.87. The lowest BCUT2D eigenvalue weighted by Gasteiger charge is -2.15. The molecule has 6 heteroatoms. The molecule has 1 aromatic heterocycles. The molecule has 0 fully saturated rings. The molecule has 0 bridgehead atoms. The van der Waals surface area contributed by atoms with E-state index in [1.807, 2.05) is 50.2 Å². The van der Waals surface area contributed by atoms with Crippen LogP contribution in [-0.2, 0) is 4.79 Å². The van der Waals surface area contributed by atoms with Gasteiger partial charge in [-0.2, -0.15) is 5.10 Å². The summed E-state index contributed by atoms with van der Waals surface area (Å²) in [5.41, 5.74) is 3.63. The molecular formula is C21H22N4O2. The molecule has 1 unspecified atom stereocenters. The number of carbonyl (C=O) groups excluding carboxylic acids is 2. The van der Waals surface area contributed by atoms with E-state index in [-0.39, 0.29) is 30.6 Å². The van der Waals surface area contributed by atoms with Crippen molar-refractivity contribution in [3.63, 3.8) is 0 Å². The minimum atomic E-state index is -0.142. The van der Waals surface area contributed by atoms with Crippen LogP contribution in [0.15, 0.2) is 61.2 Å². The Labute approximate surface area is 158 Å². The van der Waals surface area contributed by atoms with Gasteiger partial charge in [0.15, 0.2) is 5.78 Å². The Morgan fingerprint density at radius 1 is 1.04 bits per heavy atom. The van der Waals surface area contributed by atoms with Crippen molar-refractivity contribution in [3.05, 3.63) is 77.9 Å². The Hall–Kier alpha value is -3.28. The molecule has 0 saturated heterocycles. The highest BCUT2D eigenvalue weighted by atomic mass is 16.2. The smallest absolute Gasteiger partial charge is 0.220 e. The molecule has 1 atom stereocenters. The normalized spacial score (nSPS) is 11.8. The van der Waals surface area contributed by atoms with E-state index in [1.165, 1.54) is 6.33 Å². The monoisotopic (exact) mass is 362 g/mol. The third kappa shape index (κ3) is 4.88. The van der Waals surface area contributed by atoms with Crippen molar-refractivity contribution < 1.29 is 9.59 Å². The minimum absolute atomic E-state index is 0.0185. The number of aryl methyl sites for hydroxylation is 1. The Kier molecular flexibility index (Phi) is 5.76. The third-order valence-corrected chi connectivity index (χ3v) is 4.41. The molecule has 1 amide bonds. The first kappa shape index (κ1) is 18.5. The molecule has 3 aromatic rings. The van der Waals surface area contributed by atoms with Gasteiger partial charge in [-0.25, -0.2) is 9.67 Å². The van der Waals surface area contributed by atoms with Crippen LogP contribution in [0.5, 0.6) is 0 Å². The van der Waals surface area contributed by atoms with Crippen LogP contribution in [0, 0.1) is 6.92 Å². The maximum absolute atomic E-state index is 12.2. The van der Waals surface area contributed by atoms with Crippen LogP contribution in [0.4, 0.5) is 0 Å². The molecule has 0 aliphatic rings. The van der Waals surface area contributed by atoms with E-state index in [9.17, 15) is 9.59 Å². The summed E-state index contributed by atoms with van der Waals surface area (Å²) in [4.78, 5) is 28.3. The topological polar surface area (TPSA) is 76.9 Å². The summed E-state index contributed by atoms with van der Waals surface area (Å²) < 4.78 is 1.67. The average Bonchev–Trinajstić information content (AvgIpc) is 3.21. The zero-order valence-electron chi connectivity index (χ0n) is 15.4. The van der Waals surface area contributed by atoms with Crippen LogP contribution in [-0.4, -0.2) is 26.5 Å². The highest BCUT2D eigenvalue weighted by molar-refractivity contribution is 5.98. The van der Waals surface area contributed by atoms with Gasteiger partial charge in [-0.3, -0.25) is 9.59 Å². The fraction of sp³-hybridized carbons (Fsp3) is 0.238. The largest absolute Gasteiger partial charge is 0.350 e. The molecule has 27 heavy (non-hydrogen) atoms. The Bertz CT molecular complexity index is 900. The number of hydrogen-bond acceptors (Lipinski definition) is 4. The molecule has 0 aliphatic heterocycles. The van der Waals surface area contributed by atoms with Crippen LogP contribution in [0.25, 0.3) is 5.69 Å². The van der Waals surface area contributed by atoms with E-state index < -0.39 is 0 Å². The minimum Gasteiger partial charge on any atom is -0.350 e. The van der Waals surface area contributed by atoms with E-state index in [2.05, 4.69) is 15.4 Å². The highest BCUT2D eigenvalue weighted by Gasteiger charge is 2.13. The first-order chi connectivity index (χ1) is 13.0.